The zero-order valence-electron chi connectivity index (χ0n) is 21.6. The molecule has 3 N–H and O–H groups in total. The highest BCUT2D eigenvalue weighted by atomic mass is 16.5. The Kier molecular flexibility index (Phi) is 8.43. The van der Waals surface area contributed by atoms with Crippen LogP contribution < -0.4 is 30.2 Å². The number of amides is 3. The predicted octanol–water partition coefficient (Wildman–Crippen LogP) is 6.94. The lowest BCUT2D eigenvalue weighted by Crippen LogP contribution is -2.16. The maximum Gasteiger partial charge on any atom is 0.221 e. The summed E-state index contributed by atoms with van der Waals surface area (Å²) < 4.78 is 18.8. The highest BCUT2D eigenvalue weighted by Gasteiger charge is 2.31. The topological polar surface area (TPSA) is 115 Å². The van der Waals surface area contributed by atoms with E-state index in [2.05, 4.69) is 16.0 Å². The van der Waals surface area contributed by atoms with Crippen molar-refractivity contribution in [3.63, 3.8) is 0 Å². The van der Waals surface area contributed by atoms with Gasteiger partial charge in [-0.2, -0.15) is 0 Å². The minimum Gasteiger partial charge on any atom is -0.453 e. The van der Waals surface area contributed by atoms with E-state index in [1.807, 2.05) is 18.2 Å². The Morgan fingerprint density at radius 3 is 0.872 bits per heavy atom. The monoisotopic (exact) mass is 525 g/mol. The fourth-order valence-electron chi connectivity index (χ4n) is 3.68. The molecule has 0 bridgehead atoms. The second kappa shape index (κ2) is 12.3. The molecule has 198 valence electrons. The lowest BCUT2D eigenvalue weighted by atomic mass is 10.1. The van der Waals surface area contributed by atoms with Crippen molar-refractivity contribution in [1.29, 1.82) is 0 Å². The average molecular weight is 526 g/mol. The Morgan fingerprint density at radius 1 is 0.436 bits per heavy atom. The molecule has 4 rings (SSSR count). The quantitative estimate of drug-likeness (QED) is 0.218. The van der Waals surface area contributed by atoms with Gasteiger partial charge in [-0.1, -0.05) is 54.6 Å². The van der Waals surface area contributed by atoms with Crippen molar-refractivity contribution in [2.75, 3.05) is 16.0 Å². The Hall–Kier alpha value is -5.31. The van der Waals surface area contributed by atoms with Gasteiger partial charge in [0.15, 0.2) is 17.2 Å². The van der Waals surface area contributed by atoms with Gasteiger partial charge in [0.25, 0.3) is 0 Å². The number of hydrogen-bond donors (Lipinski definition) is 3. The zero-order chi connectivity index (χ0) is 27.8. The number of nitrogens with one attached hydrogen (secondary N) is 3. The smallest absolute Gasteiger partial charge is 0.221 e. The van der Waals surface area contributed by atoms with Crippen molar-refractivity contribution < 1.29 is 28.6 Å². The molecule has 0 heterocycles. The van der Waals surface area contributed by atoms with Crippen LogP contribution in [-0.4, -0.2) is 17.7 Å². The average Bonchev–Trinajstić information content (AvgIpc) is 2.91. The highest BCUT2D eigenvalue weighted by Crippen LogP contribution is 2.57. The molecule has 0 saturated heterocycles. The number of anilines is 3. The Morgan fingerprint density at radius 2 is 0.667 bits per heavy atom. The maximum atomic E-state index is 12.4. The molecular formula is C30H27N3O6. The summed E-state index contributed by atoms with van der Waals surface area (Å²) in [6.07, 6.45) is 0. The summed E-state index contributed by atoms with van der Waals surface area (Å²) in [4.78, 5) is 37.3. The number of ether oxygens (including phenoxy) is 3. The van der Waals surface area contributed by atoms with Crippen LogP contribution in [0.1, 0.15) is 20.8 Å². The van der Waals surface area contributed by atoms with Crippen LogP contribution in [-0.2, 0) is 14.4 Å². The zero-order valence-corrected chi connectivity index (χ0v) is 21.6. The molecule has 0 radical (unpaired) electrons. The van der Waals surface area contributed by atoms with E-state index < -0.39 is 17.7 Å². The Balaban J connectivity index is 2.09. The van der Waals surface area contributed by atoms with Crippen LogP contribution in [0.4, 0.5) is 17.1 Å². The van der Waals surface area contributed by atoms with Gasteiger partial charge in [-0.25, -0.2) is 0 Å². The van der Waals surface area contributed by atoms with E-state index >= 15 is 0 Å². The molecule has 4 aromatic carbocycles. The largest absolute Gasteiger partial charge is 0.453 e. The van der Waals surface area contributed by atoms with E-state index in [1.54, 1.807) is 72.8 Å². The summed E-state index contributed by atoms with van der Waals surface area (Å²) >= 11 is 0. The normalized spacial score (nSPS) is 10.2. The Bertz CT molecular complexity index is 1270. The molecule has 0 atom stereocenters. The van der Waals surface area contributed by atoms with E-state index in [9.17, 15) is 14.4 Å². The first-order valence-corrected chi connectivity index (χ1v) is 12.1. The molecule has 0 aromatic heterocycles. The van der Waals surface area contributed by atoms with E-state index in [0.717, 1.165) is 0 Å². The van der Waals surface area contributed by atoms with Crippen LogP contribution in [0.15, 0.2) is 91.0 Å². The first kappa shape index (κ1) is 26.7. The van der Waals surface area contributed by atoms with Crippen molar-refractivity contribution in [3.8, 4) is 34.5 Å². The molecule has 3 amide bonds. The van der Waals surface area contributed by atoms with E-state index in [1.165, 1.54) is 20.8 Å². The molecule has 9 heteroatoms. The minimum atomic E-state index is -0.440. The van der Waals surface area contributed by atoms with Crippen LogP contribution in [0.25, 0.3) is 0 Å². The third kappa shape index (κ3) is 6.92. The molecule has 0 fully saturated rings. The van der Waals surface area contributed by atoms with Gasteiger partial charge in [0.05, 0.1) is 0 Å². The second-order valence-electron chi connectivity index (χ2n) is 8.40. The third-order valence-electron chi connectivity index (χ3n) is 5.15. The first-order chi connectivity index (χ1) is 18.8. The lowest BCUT2D eigenvalue weighted by molar-refractivity contribution is -0.115. The molecule has 0 aliphatic heterocycles. The first-order valence-electron chi connectivity index (χ1n) is 12.1. The molecule has 0 aliphatic carbocycles. The summed E-state index contributed by atoms with van der Waals surface area (Å²) in [5.41, 5.74) is 0.217. The van der Waals surface area contributed by atoms with Gasteiger partial charge in [0, 0.05) is 20.8 Å². The van der Waals surface area contributed by atoms with Crippen molar-refractivity contribution >= 4 is 34.8 Å². The fourth-order valence-corrected chi connectivity index (χ4v) is 3.68. The number of carbonyl (C=O) groups is 3. The van der Waals surface area contributed by atoms with E-state index in [-0.39, 0.29) is 34.3 Å². The van der Waals surface area contributed by atoms with E-state index in [0.29, 0.717) is 17.2 Å². The number of carbonyl (C=O) groups excluding carboxylic acids is 3. The predicted molar refractivity (Wildman–Crippen MR) is 149 cm³/mol. The minimum absolute atomic E-state index is 0.0394. The van der Waals surface area contributed by atoms with E-state index in [4.69, 9.17) is 14.2 Å². The van der Waals surface area contributed by atoms with Crippen LogP contribution in [0.5, 0.6) is 34.5 Å². The van der Waals surface area contributed by atoms with Gasteiger partial charge in [-0.15, -0.1) is 0 Å². The van der Waals surface area contributed by atoms with Crippen molar-refractivity contribution in [2.24, 2.45) is 0 Å². The van der Waals surface area contributed by atoms with Gasteiger partial charge in [0.1, 0.15) is 34.3 Å². The van der Waals surface area contributed by atoms with Gasteiger partial charge in [-0.3, -0.25) is 14.4 Å². The van der Waals surface area contributed by atoms with Gasteiger partial charge < -0.3 is 30.2 Å². The van der Waals surface area contributed by atoms with Gasteiger partial charge in [-0.05, 0) is 36.4 Å². The summed E-state index contributed by atoms with van der Waals surface area (Å²) in [5.74, 6) is 0.0471. The molecule has 0 spiro atoms. The summed E-state index contributed by atoms with van der Waals surface area (Å²) in [6, 6.07) is 26.4. The van der Waals surface area contributed by atoms with Crippen molar-refractivity contribution in [1.82, 2.24) is 0 Å². The number of hydrogen-bond acceptors (Lipinski definition) is 6. The summed E-state index contributed by atoms with van der Waals surface area (Å²) in [6.45, 7) is 3.97. The molecule has 0 saturated carbocycles. The summed E-state index contributed by atoms with van der Waals surface area (Å²) in [5, 5.41) is 8.26. The van der Waals surface area contributed by atoms with Crippen LogP contribution in [0, 0.1) is 0 Å². The molecule has 39 heavy (non-hydrogen) atoms. The van der Waals surface area contributed by atoms with Gasteiger partial charge >= 0.3 is 0 Å². The lowest BCUT2D eigenvalue weighted by Gasteiger charge is -2.26. The van der Waals surface area contributed by atoms with Crippen LogP contribution in [0.3, 0.4) is 0 Å². The van der Waals surface area contributed by atoms with Crippen LogP contribution >= 0.6 is 0 Å². The maximum absolute atomic E-state index is 12.4. The fraction of sp³-hybridized carbons (Fsp3) is 0.100. The molecule has 0 aliphatic rings. The number of benzene rings is 4. The SMILES string of the molecule is CC(=O)Nc1c(Oc2ccccc2)c(NC(C)=O)c(Oc2ccccc2)c(NC(C)=O)c1Oc1ccccc1. The molecular weight excluding hydrogens is 498 g/mol. The van der Waals surface area contributed by atoms with Crippen molar-refractivity contribution in [2.45, 2.75) is 20.8 Å². The molecule has 9 nitrogen and oxygen atoms in total. The van der Waals surface area contributed by atoms with Crippen LogP contribution in [0.2, 0.25) is 0 Å². The Labute approximate surface area is 225 Å². The second-order valence-corrected chi connectivity index (χ2v) is 8.40. The molecule has 4 aromatic rings. The highest BCUT2D eigenvalue weighted by molar-refractivity contribution is 6.07. The van der Waals surface area contributed by atoms with Crippen molar-refractivity contribution in [3.05, 3.63) is 91.0 Å². The summed E-state index contributed by atoms with van der Waals surface area (Å²) in [7, 11) is 0. The number of rotatable bonds is 9. The number of para-hydroxylation sites is 3. The third-order valence-corrected chi connectivity index (χ3v) is 5.15. The van der Waals surface area contributed by atoms with Gasteiger partial charge in [0.2, 0.25) is 17.7 Å². The standard InChI is InChI=1S/C30H27N3O6/c1-19(34)31-25-28(37-22-13-7-4-8-14-22)26(32-20(2)35)30(39-24-17-11-6-12-18-24)27(33-21(3)36)29(25)38-23-15-9-5-10-16-23/h4-18H,1-3H3,(H,31,34)(H,32,35)(H,33,36). The molecule has 0 unspecified atom stereocenters.